The van der Waals surface area contributed by atoms with E-state index >= 15 is 0 Å². The Hall–Kier alpha value is -3.27. The van der Waals surface area contributed by atoms with Crippen molar-refractivity contribution in [1.29, 1.82) is 0 Å². The highest BCUT2D eigenvalue weighted by Crippen LogP contribution is 2.45. The van der Waals surface area contributed by atoms with Crippen LogP contribution in [0.15, 0.2) is 72.8 Å². The molecule has 5 rings (SSSR count). The Morgan fingerprint density at radius 2 is 1.61 bits per heavy atom. The van der Waals surface area contributed by atoms with E-state index in [2.05, 4.69) is 44.2 Å². The standard InChI is InChI=1S/C24H21N3O/c1-15(2)22-25-23(16-9-4-3-5-10-16)27-24(26-22)19-13-8-12-18-17-11-6-7-14-20(17)28-21(18)19/h3-15,17,20H,1-2H3. The van der Waals surface area contributed by atoms with Gasteiger partial charge < -0.3 is 4.74 Å². The lowest BCUT2D eigenvalue weighted by molar-refractivity contribution is 0.269. The summed E-state index contributed by atoms with van der Waals surface area (Å²) in [6.07, 6.45) is 8.47. The Morgan fingerprint density at radius 3 is 2.43 bits per heavy atom. The van der Waals surface area contributed by atoms with Crippen LogP contribution >= 0.6 is 0 Å². The van der Waals surface area contributed by atoms with Gasteiger partial charge in [-0.25, -0.2) is 15.0 Å². The molecule has 4 heteroatoms. The Labute approximate surface area is 164 Å². The predicted octanol–water partition coefficient (Wildman–Crippen LogP) is 5.30. The van der Waals surface area contributed by atoms with Gasteiger partial charge in [0.25, 0.3) is 0 Å². The third kappa shape index (κ3) is 2.82. The molecule has 28 heavy (non-hydrogen) atoms. The summed E-state index contributed by atoms with van der Waals surface area (Å²) in [6.45, 7) is 4.20. The predicted molar refractivity (Wildman–Crippen MR) is 110 cm³/mol. The normalized spacial score (nSPS) is 19.4. The molecule has 2 atom stereocenters. The number of fused-ring (bicyclic) bond motifs is 3. The molecule has 4 nitrogen and oxygen atoms in total. The van der Waals surface area contributed by atoms with Crippen LogP contribution in [0.3, 0.4) is 0 Å². The maximum Gasteiger partial charge on any atom is 0.167 e. The third-order valence-electron chi connectivity index (χ3n) is 5.18. The zero-order chi connectivity index (χ0) is 19.1. The highest BCUT2D eigenvalue weighted by atomic mass is 16.5. The molecule has 1 aromatic heterocycles. The van der Waals surface area contributed by atoms with Crippen molar-refractivity contribution in [3.05, 3.63) is 84.2 Å². The van der Waals surface area contributed by atoms with Crippen LogP contribution < -0.4 is 4.74 Å². The fourth-order valence-corrected chi connectivity index (χ4v) is 3.73. The maximum absolute atomic E-state index is 6.30. The Kier molecular flexibility index (Phi) is 4.05. The molecule has 0 fully saturated rings. The fourth-order valence-electron chi connectivity index (χ4n) is 3.73. The molecule has 3 aromatic rings. The SMILES string of the molecule is CC(C)c1nc(-c2ccccc2)nc(-c2cccc3c2OC2C=CC=CC32)n1. The second-order valence-corrected chi connectivity index (χ2v) is 7.46. The van der Waals surface area contributed by atoms with Gasteiger partial charge in [-0.15, -0.1) is 0 Å². The smallest absolute Gasteiger partial charge is 0.167 e. The summed E-state index contributed by atoms with van der Waals surface area (Å²) in [5.41, 5.74) is 3.10. The van der Waals surface area contributed by atoms with E-state index in [-0.39, 0.29) is 17.9 Å². The number of hydrogen-bond acceptors (Lipinski definition) is 4. The molecule has 0 N–H and O–H groups in total. The van der Waals surface area contributed by atoms with Crippen molar-refractivity contribution in [3.8, 4) is 28.5 Å². The largest absolute Gasteiger partial charge is 0.484 e. The topological polar surface area (TPSA) is 47.9 Å². The minimum absolute atomic E-state index is 0.0427. The summed E-state index contributed by atoms with van der Waals surface area (Å²) in [6, 6.07) is 16.3. The summed E-state index contributed by atoms with van der Waals surface area (Å²) in [4.78, 5) is 14.3. The summed E-state index contributed by atoms with van der Waals surface area (Å²) >= 11 is 0. The van der Waals surface area contributed by atoms with Crippen molar-refractivity contribution in [2.75, 3.05) is 0 Å². The van der Waals surface area contributed by atoms with E-state index in [4.69, 9.17) is 19.7 Å². The Balaban J connectivity index is 1.67. The van der Waals surface area contributed by atoms with Gasteiger partial charge in [0.05, 0.1) is 5.56 Å². The van der Waals surface area contributed by atoms with Crippen molar-refractivity contribution in [3.63, 3.8) is 0 Å². The summed E-state index contributed by atoms with van der Waals surface area (Å²) in [5, 5.41) is 0. The van der Waals surface area contributed by atoms with Gasteiger partial charge in [0.15, 0.2) is 11.6 Å². The lowest BCUT2D eigenvalue weighted by Crippen LogP contribution is -2.15. The molecule has 0 radical (unpaired) electrons. The van der Waals surface area contributed by atoms with Crippen molar-refractivity contribution in [1.82, 2.24) is 15.0 Å². The molecule has 1 aliphatic carbocycles. The maximum atomic E-state index is 6.30. The van der Waals surface area contributed by atoms with Crippen LogP contribution in [0.5, 0.6) is 5.75 Å². The Morgan fingerprint density at radius 1 is 0.821 bits per heavy atom. The van der Waals surface area contributed by atoms with Crippen LogP contribution in [-0.4, -0.2) is 21.1 Å². The quantitative estimate of drug-likeness (QED) is 0.630. The zero-order valence-corrected chi connectivity index (χ0v) is 15.9. The van der Waals surface area contributed by atoms with Crippen molar-refractivity contribution in [2.24, 2.45) is 0 Å². The number of ether oxygens (including phenoxy) is 1. The molecular formula is C24H21N3O. The number of benzene rings is 2. The number of hydrogen-bond donors (Lipinski definition) is 0. The number of allylic oxidation sites excluding steroid dienone is 2. The lowest BCUT2D eigenvalue weighted by atomic mass is 9.91. The van der Waals surface area contributed by atoms with Crippen molar-refractivity contribution in [2.45, 2.75) is 31.8 Å². The van der Waals surface area contributed by atoms with Crippen LogP contribution in [0.25, 0.3) is 22.8 Å². The van der Waals surface area contributed by atoms with Gasteiger partial charge in [0.1, 0.15) is 17.7 Å². The molecule has 1 aliphatic heterocycles. The molecule has 2 aliphatic rings. The van der Waals surface area contributed by atoms with Gasteiger partial charge in [-0.1, -0.05) is 74.5 Å². The minimum Gasteiger partial charge on any atom is -0.484 e. The number of nitrogens with zero attached hydrogens (tertiary/aromatic N) is 3. The summed E-state index contributed by atoms with van der Waals surface area (Å²) in [5.74, 6) is 3.49. The number of aromatic nitrogens is 3. The van der Waals surface area contributed by atoms with E-state index in [1.807, 2.05) is 42.5 Å². The molecule has 0 saturated heterocycles. The first-order chi connectivity index (χ1) is 13.7. The van der Waals surface area contributed by atoms with E-state index in [0.717, 1.165) is 22.7 Å². The molecular weight excluding hydrogens is 346 g/mol. The Bertz CT molecular complexity index is 1090. The molecule has 2 aromatic carbocycles. The van der Waals surface area contributed by atoms with E-state index in [1.54, 1.807) is 0 Å². The van der Waals surface area contributed by atoms with Crippen LogP contribution in [0.1, 0.15) is 37.1 Å². The van der Waals surface area contributed by atoms with Crippen LogP contribution in [0.4, 0.5) is 0 Å². The fraction of sp³-hybridized carbons (Fsp3) is 0.208. The molecule has 0 saturated carbocycles. The van der Waals surface area contributed by atoms with Gasteiger partial charge >= 0.3 is 0 Å². The van der Waals surface area contributed by atoms with Gasteiger partial charge in [0, 0.05) is 23.0 Å². The van der Waals surface area contributed by atoms with Gasteiger partial charge in [-0.2, -0.15) is 0 Å². The van der Waals surface area contributed by atoms with Crippen LogP contribution in [0, 0.1) is 0 Å². The minimum atomic E-state index is 0.0427. The van der Waals surface area contributed by atoms with Gasteiger partial charge in [0.2, 0.25) is 0 Å². The molecule has 0 bridgehead atoms. The molecule has 2 unspecified atom stereocenters. The summed E-state index contributed by atoms with van der Waals surface area (Å²) < 4.78 is 6.30. The number of rotatable bonds is 3. The highest BCUT2D eigenvalue weighted by Gasteiger charge is 2.34. The highest BCUT2D eigenvalue weighted by molar-refractivity contribution is 5.71. The average Bonchev–Trinajstić information content (AvgIpc) is 3.13. The lowest BCUT2D eigenvalue weighted by Gasteiger charge is -2.14. The first-order valence-electron chi connectivity index (χ1n) is 9.67. The first kappa shape index (κ1) is 16.9. The second kappa shape index (κ2) is 6.71. The van der Waals surface area contributed by atoms with Crippen LogP contribution in [0.2, 0.25) is 0 Å². The summed E-state index contributed by atoms with van der Waals surface area (Å²) in [7, 11) is 0. The van der Waals surface area contributed by atoms with E-state index in [0.29, 0.717) is 11.6 Å². The van der Waals surface area contributed by atoms with Crippen molar-refractivity contribution >= 4 is 0 Å². The van der Waals surface area contributed by atoms with Gasteiger partial charge in [-0.3, -0.25) is 0 Å². The van der Waals surface area contributed by atoms with Crippen molar-refractivity contribution < 1.29 is 4.74 Å². The first-order valence-corrected chi connectivity index (χ1v) is 9.67. The third-order valence-corrected chi connectivity index (χ3v) is 5.18. The average molecular weight is 367 g/mol. The molecule has 0 spiro atoms. The van der Waals surface area contributed by atoms with E-state index in [9.17, 15) is 0 Å². The zero-order valence-electron chi connectivity index (χ0n) is 15.9. The van der Waals surface area contributed by atoms with Gasteiger partial charge in [-0.05, 0) is 12.1 Å². The monoisotopic (exact) mass is 367 g/mol. The van der Waals surface area contributed by atoms with Crippen LogP contribution in [-0.2, 0) is 0 Å². The molecule has 138 valence electrons. The number of para-hydroxylation sites is 1. The van der Waals surface area contributed by atoms with E-state index in [1.165, 1.54) is 5.56 Å². The second-order valence-electron chi connectivity index (χ2n) is 7.46. The molecule has 0 amide bonds. The molecule has 2 heterocycles. The van der Waals surface area contributed by atoms with E-state index < -0.39 is 0 Å².